The Morgan fingerprint density at radius 1 is 1.42 bits per heavy atom. The molecular formula is C14H21N3O2. The van der Waals surface area contributed by atoms with E-state index >= 15 is 0 Å². The smallest absolute Gasteiger partial charge is 0.238 e. The molecule has 1 amide bonds. The molecule has 0 saturated carbocycles. The average molecular weight is 263 g/mol. The number of hydrogen-bond donors (Lipinski definition) is 2. The molecule has 104 valence electrons. The molecule has 19 heavy (non-hydrogen) atoms. The van der Waals surface area contributed by atoms with E-state index < -0.39 is 0 Å². The predicted molar refractivity (Wildman–Crippen MR) is 73.3 cm³/mol. The Bertz CT molecular complexity index is 450. The third-order valence-electron chi connectivity index (χ3n) is 3.84. The Labute approximate surface area is 113 Å². The Kier molecular flexibility index (Phi) is 4.39. The van der Waals surface area contributed by atoms with Gasteiger partial charge in [-0.05, 0) is 13.0 Å². The lowest BCUT2D eigenvalue weighted by molar-refractivity contribution is -0.126. The molecule has 1 aliphatic heterocycles. The zero-order valence-corrected chi connectivity index (χ0v) is 11.4. The molecule has 5 nitrogen and oxygen atoms in total. The zero-order chi connectivity index (χ0) is 13.8. The number of hydrazine groups is 1. The van der Waals surface area contributed by atoms with Crippen molar-refractivity contribution in [3.05, 3.63) is 29.8 Å². The van der Waals surface area contributed by atoms with Crippen LogP contribution in [0.25, 0.3) is 0 Å². The summed E-state index contributed by atoms with van der Waals surface area (Å²) in [4.78, 5) is 13.9. The second-order valence-electron chi connectivity index (χ2n) is 4.96. The van der Waals surface area contributed by atoms with Gasteiger partial charge >= 0.3 is 0 Å². The molecule has 1 aromatic rings. The van der Waals surface area contributed by atoms with Crippen LogP contribution in [-0.4, -0.2) is 30.0 Å². The van der Waals surface area contributed by atoms with Crippen molar-refractivity contribution in [2.45, 2.75) is 26.4 Å². The molecule has 1 aliphatic rings. The minimum absolute atomic E-state index is 0.110. The molecule has 0 bridgehead atoms. The zero-order valence-electron chi connectivity index (χ0n) is 11.4. The third kappa shape index (κ3) is 3.05. The fraction of sp³-hybridized carbons (Fsp3) is 0.500. The van der Waals surface area contributed by atoms with Crippen LogP contribution in [0.15, 0.2) is 24.3 Å². The summed E-state index contributed by atoms with van der Waals surface area (Å²) < 4.78 is 5.73. The van der Waals surface area contributed by atoms with Gasteiger partial charge in [0.05, 0.1) is 5.92 Å². The first-order valence-electron chi connectivity index (χ1n) is 6.58. The Morgan fingerprint density at radius 3 is 2.89 bits per heavy atom. The molecule has 2 atom stereocenters. The van der Waals surface area contributed by atoms with Crippen LogP contribution in [-0.2, 0) is 11.3 Å². The van der Waals surface area contributed by atoms with E-state index in [1.54, 1.807) is 0 Å². The number of rotatable bonds is 3. The minimum Gasteiger partial charge on any atom is -0.492 e. The quantitative estimate of drug-likeness (QED) is 0.483. The van der Waals surface area contributed by atoms with Crippen LogP contribution >= 0.6 is 0 Å². The SMILES string of the molecule is CC(C(=O)NN)C(C)N1CCOc2ccccc2C1. The molecular weight excluding hydrogens is 242 g/mol. The molecule has 1 aromatic carbocycles. The van der Waals surface area contributed by atoms with E-state index in [9.17, 15) is 4.79 Å². The Balaban J connectivity index is 2.12. The number of benzene rings is 1. The molecule has 0 aliphatic carbocycles. The van der Waals surface area contributed by atoms with Crippen LogP contribution in [0.5, 0.6) is 5.75 Å². The molecule has 0 fully saturated rings. The molecule has 0 aromatic heterocycles. The number of fused-ring (bicyclic) bond motifs is 1. The topological polar surface area (TPSA) is 67.6 Å². The van der Waals surface area contributed by atoms with Crippen LogP contribution in [0, 0.1) is 5.92 Å². The van der Waals surface area contributed by atoms with E-state index in [2.05, 4.69) is 16.4 Å². The van der Waals surface area contributed by atoms with Crippen molar-refractivity contribution in [2.24, 2.45) is 11.8 Å². The Morgan fingerprint density at radius 2 is 2.16 bits per heavy atom. The van der Waals surface area contributed by atoms with E-state index in [-0.39, 0.29) is 17.9 Å². The highest BCUT2D eigenvalue weighted by atomic mass is 16.5. The van der Waals surface area contributed by atoms with E-state index in [1.165, 1.54) is 0 Å². The number of carbonyl (C=O) groups excluding carboxylic acids is 1. The number of para-hydroxylation sites is 1. The molecule has 0 saturated heterocycles. The lowest BCUT2D eigenvalue weighted by Gasteiger charge is -2.30. The highest BCUT2D eigenvalue weighted by molar-refractivity contribution is 5.78. The van der Waals surface area contributed by atoms with E-state index in [0.717, 1.165) is 24.4 Å². The lowest BCUT2D eigenvalue weighted by atomic mass is 10.0. The summed E-state index contributed by atoms with van der Waals surface area (Å²) in [6.45, 7) is 6.17. The monoisotopic (exact) mass is 263 g/mol. The first kappa shape index (κ1) is 13.8. The summed E-state index contributed by atoms with van der Waals surface area (Å²) in [5.74, 6) is 5.85. The van der Waals surface area contributed by atoms with Crippen LogP contribution < -0.4 is 16.0 Å². The van der Waals surface area contributed by atoms with Crippen molar-refractivity contribution in [2.75, 3.05) is 13.2 Å². The second kappa shape index (κ2) is 6.04. The number of hydrogen-bond acceptors (Lipinski definition) is 4. The number of nitrogens with one attached hydrogen (secondary N) is 1. The number of ether oxygens (including phenoxy) is 1. The fourth-order valence-corrected chi connectivity index (χ4v) is 2.36. The third-order valence-corrected chi connectivity index (χ3v) is 3.84. The van der Waals surface area contributed by atoms with Gasteiger partial charge in [0.25, 0.3) is 0 Å². The van der Waals surface area contributed by atoms with Crippen LogP contribution in [0.3, 0.4) is 0 Å². The van der Waals surface area contributed by atoms with Gasteiger partial charge in [0.15, 0.2) is 0 Å². The largest absolute Gasteiger partial charge is 0.492 e. The number of amides is 1. The maximum atomic E-state index is 11.6. The van der Waals surface area contributed by atoms with Gasteiger partial charge in [-0.1, -0.05) is 25.1 Å². The van der Waals surface area contributed by atoms with Gasteiger partial charge in [0.2, 0.25) is 5.91 Å². The summed E-state index contributed by atoms with van der Waals surface area (Å²) >= 11 is 0. The highest BCUT2D eigenvalue weighted by Gasteiger charge is 2.27. The molecule has 5 heteroatoms. The van der Waals surface area contributed by atoms with E-state index in [1.807, 2.05) is 32.0 Å². The Hall–Kier alpha value is -1.59. The lowest BCUT2D eigenvalue weighted by Crippen LogP contribution is -2.46. The first-order chi connectivity index (χ1) is 9.13. The maximum absolute atomic E-state index is 11.6. The van der Waals surface area contributed by atoms with Crippen LogP contribution in [0.2, 0.25) is 0 Å². The van der Waals surface area contributed by atoms with Gasteiger partial charge in [-0.3, -0.25) is 15.1 Å². The summed E-state index contributed by atoms with van der Waals surface area (Å²) in [5.41, 5.74) is 3.38. The molecule has 1 heterocycles. The van der Waals surface area contributed by atoms with E-state index in [0.29, 0.717) is 6.61 Å². The molecule has 0 radical (unpaired) electrons. The van der Waals surface area contributed by atoms with Crippen molar-refractivity contribution >= 4 is 5.91 Å². The summed E-state index contributed by atoms with van der Waals surface area (Å²) in [6, 6.07) is 8.14. The molecule has 0 spiro atoms. The van der Waals surface area contributed by atoms with Gasteiger partial charge in [0.1, 0.15) is 12.4 Å². The first-order valence-corrected chi connectivity index (χ1v) is 6.58. The molecule has 2 unspecified atom stereocenters. The second-order valence-corrected chi connectivity index (χ2v) is 4.96. The highest BCUT2D eigenvalue weighted by Crippen LogP contribution is 2.25. The number of nitrogens with two attached hydrogens (primary N) is 1. The van der Waals surface area contributed by atoms with Crippen molar-refractivity contribution in [1.82, 2.24) is 10.3 Å². The molecule has 3 N–H and O–H groups in total. The van der Waals surface area contributed by atoms with Gasteiger partial charge in [0, 0.05) is 24.7 Å². The maximum Gasteiger partial charge on any atom is 0.238 e. The van der Waals surface area contributed by atoms with Crippen molar-refractivity contribution < 1.29 is 9.53 Å². The van der Waals surface area contributed by atoms with Gasteiger partial charge < -0.3 is 4.74 Å². The van der Waals surface area contributed by atoms with Crippen molar-refractivity contribution in [3.8, 4) is 5.75 Å². The summed E-state index contributed by atoms with van der Waals surface area (Å²) in [7, 11) is 0. The van der Waals surface area contributed by atoms with E-state index in [4.69, 9.17) is 10.6 Å². The van der Waals surface area contributed by atoms with Crippen LogP contribution in [0.4, 0.5) is 0 Å². The number of nitrogens with zero attached hydrogens (tertiary/aromatic N) is 1. The summed E-state index contributed by atoms with van der Waals surface area (Å²) in [6.07, 6.45) is 0. The van der Waals surface area contributed by atoms with Crippen molar-refractivity contribution in [3.63, 3.8) is 0 Å². The molecule has 2 rings (SSSR count). The van der Waals surface area contributed by atoms with Gasteiger partial charge in [-0.25, -0.2) is 5.84 Å². The standard InChI is InChI=1S/C14H21N3O2/c1-10(14(18)16-15)11(2)17-7-8-19-13-6-4-3-5-12(13)9-17/h3-6,10-11H,7-9,15H2,1-2H3,(H,16,18). The van der Waals surface area contributed by atoms with Crippen molar-refractivity contribution in [1.29, 1.82) is 0 Å². The predicted octanol–water partition coefficient (Wildman–Crippen LogP) is 0.896. The van der Waals surface area contributed by atoms with Gasteiger partial charge in [-0.15, -0.1) is 0 Å². The minimum atomic E-state index is -0.157. The summed E-state index contributed by atoms with van der Waals surface area (Å²) in [5, 5.41) is 0. The number of carbonyl (C=O) groups is 1. The van der Waals surface area contributed by atoms with Gasteiger partial charge in [-0.2, -0.15) is 0 Å². The fourth-order valence-electron chi connectivity index (χ4n) is 2.36. The average Bonchev–Trinajstić information content (AvgIpc) is 2.66. The van der Waals surface area contributed by atoms with Crippen LogP contribution in [0.1, 0.15) is 19.4 Å². The normalized spacial score (nSPS) is 18.7.